The summed E-state index contributed by atoms with van der Waals surface area (Å²) < 4.78 is 7.00. The Balaban J connectivity index is 2.97. The molecule has 0 aliphatic rings. The van der Waals surface area contributed by atoms with Gasteiger partial charge in [0.1, 0.15) is 5.75 Å². The lowest BCUT2D eigenvalue weighted by Crippen LogP contribution is -2.16. The van der Waals surface area contributed by atoms with Crippen molar-refractivity contribution < 1.29 is 4.74 Å². The van der Waals surface area contributed by atoms with Gasteiger partial charge in [-0.15, -0.1) is 0 Å². The van der Waals surface area contributed by atoms with E-state index in [-0.39, 0.29) is 12.1 Å². The highest BCUT2D eigenvalue weighted by atomic mass is 79.9. The van der Waals surface area contributed by atoms with Gasteiger partial charge in [0.05, 0.1) is 6.10 Å². The largest absolute Gasteiger partial charge is 0.490 e. The van der Waals surface area contributed by atoms with E-state index in [4.69, 9.17) is 4.74 Å². The van der Waals surface area contributed by atoms with Crippen LogP contribution in [0.4, 0.5) is 0 Å². The molecule has 0 spiro atoms. The summed E-state index contributed by atoms with van der Waals surface area (Å²) in [6.45, 7) is 6.35. The topological polar surface area (TPSA) is 21.3 Å². The van der Waals surface area contributed by atoms with Crippen LogP contribution in [0.5, 0.6) is 5.75 Å². The number of rotatable bonds is 5. The molecule has 0 aromatic heterocycles. The Morgan fingerprint density at radius 1 is 1.38 bits per heavy atom. The quantitative estimate of drug-likeness (QED) is 0.886. The van der Waals surface area contributed by atoms with E-state index in [1.807, 2.05) is 19.2 Å². The number of hydrogen-bond donors (Lipinski definition) is 1. The van der Waals surface area contributed by atoms with Gasteiger partial charge in [0.25, 0.3) is 0 Å². The first-order chi connectivity index (χ1) is 7.58. The molecule has 0 saturated carbocycles. The van der Waals surface area contributed by atoms with Gasteiger partial charge in [-0.05, 0) is 45.5 Å². The van der Waals surface area contributed by atoms with Crippen LogP contribution in [0.1, 0.15) is 38.8 Å². The van der Waals surface area contributed by atoms with Gasteiger partial charge in [-0.3, -0.25) is 0 Å². The van der Waals surface area contributed by atoms with Crippen molar-refractivity contribution in [2.24, 2.45) is 0 Å². The Kier molecular flexibility index (Phi) is 5.29. The maximum absolute atomic E-state index is 5.91. The van der Waals surface area contributed by atoms with Crippen molar-refractivity contribution in [2.45, 2.75) is 39.3 Å². The summed E-state index contributed by atoms with van der Waals surface area (Å²) in [7, 11) is 1.96. The van der Waals surface area contributed by atoms with Crippen molar-refractivity contribution in [3.63, 3.8) is 0 Å². The molecule has 0 saturated heterocycles. The second kappa shape index (κ2) is 6.26. The normalized spacial score (nSPS) is 14.6. The molecule has 0 bridgehead atoms. The zero-order chi connectivity index (χ0) is 12.1. The summed E-state index contributed by atoms with van der Waals surface area (Å²) in [6.07, 6.45) is 1.27. The lowest BCUT2D eigenvalue weighted by atomic mass is 10.1. The van der Waals surface area contributed by atoms with Crippen LogP contribution < -0.4 is 10.1 Å². The van der Waals surface area contributed by atoms with Crippen molar-refractivity contribution in [1.29, 1.82) is 0 Å². The lowest BCUT2D eigenvalue weighted by molar-refractivity contribution is 0.214. The highest BCUT2D eigenvalue weighted by molar-refractivity contribution is 9.10. The van der Waals surface area contributed by atoms with Gasteiger partial charge >= 0.3 is 0 Å². The van der Waals surface area contributed by atoms with E-state index in [1.165, 1.54) is 5.56 Å². The minimum absolute atomic E-state index is 0.254. The molecule has 3 heteroatoms. The Labute approximate surface area is 107 Å². The summed E-state index contributed by atoms with van der Waals surface area (Å²) in [4.78, 5) is 0. The monoisotopic (exact) mass is 285 g/mol. The standard InChI is InChI=1S/C13H20BrNO/c1-5-9(2)16-13-7-6-11(14)8-12(13)10(3)15-4/h6-10,15H,5H2,1-4H3. The third-order valence-electron chi connectivity index (χ3n) is 2.77. The van der Waals surface area contributed by atoms with Gasteiger partial charge in [-0.1, -0.05) is 22.9 Å². The van der Waals surface area contributed by atoms with Gasteiger partial charge in [-0.25, -0.2) is 0 Å². The van der Waals surface area contributed by atoms with Crippen molar-refractivity contribution in [3.05, 3.63) is 28.2 Å². The van der Waals surface area contributed by atoms with E-state index in [1.54, 1.807) is 0 Å². The number of halogens is 1. The SMILES string of the molecule is CCC(C)Oc1ccc(Br)cc1C(C)NC. The van der Waals surface area contributed by atoms with Crippen molar-refractivity contribution in [1.82, 2.24) is 5.32 Å². The van der Waals surface area contributed by atoms with E-state index >= 15 is 0 Å². The molecule has 1 aromatic carbocycles. The molecule has 0 radical (unpaired) electrons. The average molecular weight is 286 g/mol. The van der Waals surface area contributed by atoms with E-state index in [9.17, 15) is 0 Å². The van der Waals surface area contributed by atoms with E-state index < -0.39 is 0 Å². The molecule has 0 aliphatic heterocycles. The number of nitrogens with one attached hydrogen (secondary N) is 1. The maximum Gasteiger partial charge on any atom is 0.124 e. The summed E-state index contributed by atoms with van der Waals surface area (Å²) >= 11 is 3.49. The lowest BCUT2D eigenvalue weighted by Gasteiger charge is -2.20. The Morgan fingerprint density at radius 3 is 2.62 bits per heavy atom. The fraction of sp³-hybridized carbons (Fsp3) is 0.538. The molecule has 16 heavy (non-hydrogen) atoms. The first kappa shape index (κ1) is 13.5. The summed E-state index contributed by atoms with van der Waals surface area (Å²) in [5, 5.41) is 3.24. The van der Waals surface area contributed by atoms with Crippen LogP contribution in [0, 0.1) is 0 Å². The molecule has 2 nitrogen and oxygen atoms in total. The van der Waals surface area contributed by atoms with Crippen molar-refractivity contribution in [2.75, 3.05) is 7.05 Å². The molecular weight excluding hydrogens is 266 g/mol. The molecule has 90 valence electrons. The minimum Gasteiger partial charge on any atom is -0.490 e. The van der Waals surface area contributed by atoms with Crippen LogP contribution in [0.3, 0.4) is 0 Å². The Hall–Kier alpha value is -0.540. The third-order valence-corrected chi connectivity index (χ3v) is 3.27. The zero-order valence-corrected chi connectivity index (χ0v) is 12.0. The van der Waals surface area contributed by atoms with Crippen molar-refractivity contribution in [3.8, 4) is 5.75 Å². The van der Waals surface area contributed by atoms with Gasteiger partial charge < -0.3 is 10.1 Å². The predicted octanol–water partition coefficient (Wildman–Crippen LogP) is 3.91. The van der Waals surface area contributed by atoms with Crippen LogP contribution in [-0.4, -0.2) is 13.2 Å². The van der Waals surface area contributed by atoms with Crippen molar-refractivity contribution >= 4 is 15.9 Å². The van der Waals surface area contributed by atoms with Crippen LogP contribution in [-0.2, 0) is 0 Å². The number of ether oxygens (including phenoxy) is 1. The fourth-order valence-corrected chi connectivity index (χ4v) is 1.80. The summed E-state index contributed by atoms with van der Waals surface area (Å²) in [5.74, 6) is 0.972. The smallest absolute Gasteiger partial charge is 0.124 e. The highest BCUT2D eigenvalue weighted by Gasteiger charge is 2.12. The molecule has 0 heterocycles. The maximum atomic E-state index is 5.91. The molecule has 2 unspecified atom stereocenters. The first-order valence-corrected chi connectivity index (χ1v) is 6.51. The summed E-state index contributed by atoms with van der Waals surface area (Å²) in [6, 6.07) is 6.44. The Morgan fingerprint density at radius 2 is 2.06 bits per heavy atom. The molecule has 1 N–H and O–H groups in total. The van der Waals surface area contributed by atoms with E-state index in [0.717, 1.165) is 16.6 Å². The van der Waals surface area contributed by atoms with Crippen LogP contribution in [0.2, 0.25) is 0 Å². The minimum atomic E-state index is 0.254. The van der Waals surface area contributed by atoms with Gasteiger partial charge in [0.2, 0.25) is 0 Å². The fourth-order valence-electron chi connectivity index (χ4n) is 1.42. The second-order valence-electron chi connectivity index (χ2n) is 4.03. The average Bonchev–Trinajstić information content (AvgIpc) is 2.30. The van der Waals surface area contributed by atoms with Crippen LogP contribution in [0.15, 0.2) is 22.7 Å². The number of benzene rings is 1. The molecule has 2 atom stereocenters. The van der Waals surface area contributed by atoms with Gasteiger partial charge in [0, 0.05) is 16.1 Å². The predicted molar refractivity (Wildman–Crippen MR) is 72.0 cm³/mol. The molecule has 0 amide bonds. The first-order valence-electron chi connectivity index (χ1n) is 5.71. The molecule has 0 fully saturated rings. The third kappa shape index (κ3) is 3.49. The highest BCUT2D eigenvalue weighted by Crippen LogP contribution is 2.29. The Bertz CT molecular complexity index is 341. The zero-order valence-electron chi connectivity index (χ0n) is 10.4. The molecule has 1 rings (SSSR count). The van der Waals surface area contributed by atoms with Gasteiger partial charge in [-0.2, -0.15) is 0 Å². The summed E-state index contributed by atoms with van der Waals surface area (Å²) in [5.41, 5.74) is 1.19. The second-order valence-corrected chi connectivity index (χ2v) is 4.94. The van der Waals surface area contributed by atoms with Gasteiger partial charge in [0.15, 0.2) is 0 Å². The van der Waals surface area contributed by atoms with Crippen LogP contribution >= 0.6 is 15.9 Å². The molecule has 1 aromatic rings. The molecule has 0 aliphatic carbocycles. The van der Waals surface area contributed by atoms with E-state index in [2.05, 4.69) is 48.1 Å². The number of hydrogen-bond acceptors (Lipinski definition) is 2. The van der Waals surface area contributed by atoms with Crippen LogP contribution in [0.25, 0.3) is 0 Å². The van der Waals surface area contributed by atoms with E-state index in [0.29, 0.717) is 0 Å². The molecular formula is C13H20BrNO.